The molecule has 162 valence electrons. The predicted octanol–water partition coefficient (Wildman–Crippen LogP) is 4.10. The Labute approximate surface area is 182 Å². The quantitative estimate of drug-likeness (QED) is 0.809. The molecule has 2 aromatic carbocycles. The fraction of sp³-hybridized carbons (Fsp3) is 0.440. The van der Waals surface area contributed by atoms with E-state index >= 15 is 0 Å². The Balaban J connectivity index is 1.24. The number of rotatable bonds is 4. The van der Waals surface area contributed by atoms with Crippen molar-refractivity contribution in [1.29, 1.82) is 0 Å². The van der Waals surface area contributed by atoms with E-state index in [4.69, 9.17) is 9.47 Å². The van der Waals surface area contributed by atoms with Gasteiger partial charge in [0, 0.05) is 31.0 Å². The number of hydrogen-bond acceptors (Lipinski definition) is 4. The smallest absolute Gasteiger partial charge is 0.227 e. The minimum Gasteiger partial charge on any atom is -0.490 e. The summed E-state index contributed by atoms with van der Waals surface area (Å²) in [6.45, 7) is 2.08. The molecule has 31 heavy (non-hydrogen) atoms. The maximum atomic E-state index is 13.1. The topological polar surface area (TPSA) is 67.9 Å². The first-order valence-corrected chi connectivity index (χ1v) is 11.3. The van der Waals surface area contributed by atoms with Gasteiger partial charge in [-0.15, -0.1) is 0 Å². The number of ether oxygens (including phenoxy) is 2. The molecule has 0 saturated carbocycles. The number of nitrogens with one attached hydrogen (secondary N) is 1. The first-order chi connectivity index (χ1) is 15.2. The van der Waals surface area contributed by atoms with Crippen molar-refractivity contribution in [2.75, 3.05) is 25.1 Å². The van der Waals surface area contributed by atoms with E-state index in [9.17, 15) is 9.59 Å². The number of hydrogen-bond donors (Lipinski definition) is 1. The highest BCUT2D eigenvalue weighted by Gasteiger charge is 2.32. The van der Waals surface area contributed by atoms with E-state index in [1.807, 2.05) is 41.3 Å². The van der Waals surface area contributed by atoms with E-state index in [1.165, 1.54) is 0 Å². The number of anilines is 1. The zero-order valence-electron chi connectivity index (χ0n) is 17.6. The number of carbonyl (C=O) groups is 2. The fourth-order valence-electron chi connectivity index (χ4n) is 4.89. The van der Waals surface area contributed by atoms with Gasteiger partial charge in [-0.3, -0.25) is 9.59 Å². The van der Waals surface area contributed by atoms with Gasteiger partial charge in [-0.05, 0) is 55.0 Å². The Morgan fingerprint density at radius 2 is 1.90 bits per heavy atom. The van der Waals surface area contributed by atoms with Crippen LogP contribution < -0.4 is 14.8 Å². The molecule has 1 saturated heterocycles. The molecule has 2 atom stereocenters. The Hall–Kier alpha value is -3.02. The Morgan fingerprint density at radius 3 is 2.81 bits per heavy atom. The van der Waals surface area contributed by atoms with Gasteiger partial charge in [-0.1, -0.05) is 24.3 Å². The minimum absolute atomic E-state index is 0.0207. The van der Waals surface area contributed by atoms with E-state index < -0.39 is 0 Å². The van der Waals surface area contributed by atoms with Gasteiger partial charge >= 0.3 is 0 Å². The van der Waals surface area contributed by atoms with Crippen LogP contribution in [0.25, 0.3) is 0 Å². The number of para-hydroxylation sites is 1. The van der Waals surface area contributed by atoms with Crippen LogP contribution in [0.2, 0.25) is 0 Å². The summed E-state index contributed by atoms with van der Waals surface area (Å²) in [6.07, 6.45) is 4.47. The summed E-state index contributed by atoms with van der Waals surface area (Å²) >= 11 is 0. The molecule has 3 aliphatic heterocycles. The van der Waals surface area contributed by atoms with Gasteiger partial charge < -0.3 is 19.7 Å². The summed E-state index contributed by atoms with van der Waals surface area (Å²) in [7, 11) is 0. The summed E-state index contributed by atoms with van der Waals surface area (Å²) in [5.41, 5.74) is 3.13. The number of benzene rings is 2. The van der Waals surface area contributed by atoms with Crippen LogP contribution in [0.3, 0.4) is 0 Å². The third-order valence-corrected chi connectivity index (χ3v) is 6.55. The van der Waals surface area contributed by atoms with E-state index in [2.05, 4.69) is 11.4 Å². The molecule has 6 heteroatoms. The summed E-state index contributed by atoms with van der Waals surface area (Å²) in [4.78, 5) is 27.6. The van der Waals surface area contributed by atoms with Crippen molar-refractivity contribution in [2.45, 2.75) is 44.6 Å². The van der Waals surface area contributed by atoms with Gasteiger partial charge in [-0.2, -0.15) is 0 Å². The minimum atomic E-state index is -0.155. The van der Waals surface area contributed by atoms with Gasteiger partial charge in [0.05, 0.1) is 19.3 Å². The highest BCUT2D eigenvalue weighted by molar-refractivity contribution is 5.96. The molecular weight excluding hydrogens is 392 g/mol. The van der Waals surface area contributed by atoms with Crippen LogP contribution in [-0.2, 0) is 16.0 Å². The Kier molecular flexibility index (Phi) is 5.53. The average Bonchev–Trinajstić information content (AvgIpc) is 3.16. The van der Waals surface area contributed by atoms with Crippen molar-refractivity contribution in [3.63, 3.8) is 0 Å². The van der Waals surface area contributed by atoms with Crippen molar-refractivity contribution in [1.82, 2.24) is 4.90 Å². The lowest BCUT2D eigenvalue weighted by Crippen LogP contribution is -2.33. The summed E-state index contributed by atoms with van der Waals surface area (Å²) < 4.78 is 11.6. The average molecular weight is 421 g/mol. The highest BCUT2D eigenvalue weighted by Crippen LogP contribution is 2.38. The molecule has 5 rings (SSSR count). The molecule has 1 N–H and O–H groups in total. The lowest BCUT2D eigenvalue weighted by molar-refractivity contribution is -0.132. The molecule has 0 aromatic heterocycles. The molecule has 3 heterocycles. The third kappa shape index (κ3) is 4.11. The standard InChI is InChI=1S/C25H28N2O4/c28-24(11-9-19-15-17-5-1-2-6-20(17)26-25(19)29)27-12-3-7-21(27)18-8-10-22-23(16-18)31-14-4-13-30-22/h1-2,5-6,8,10,16,19,21H,3-4,7,9,11-15H2,(H,26,29)/t19-,21+/m0/s1. The lowest BCUT2D eigenvalue weighted by atomic mass is 9.89. The second-order valence-corrected chi connectivity index (χ2v) is 8.59. The van der Waals surface area contributed by atoms with E-state index in [-0.39, 0.29) is 23.8 Å². The summed E-state index contributed by atoms with van der Waals surface area (Å²) in [5, 5.41) is 2.98. The number of fused-ring (bicyclic) bond motifs is 2. The van der Waals surface area contributed by atoms with Crippen molar-refractivity contribution in [3.8, 4) is 11.5 Å². The van der Waals surface area contributed by atoms with Crippen molar-refractivity contribution < 1.29 is 19.1 Å². The second-order valence-electron chi connectivity index (χ2n) is 8.59. The second kappa shape index (κ2) is 8.61. The molecule has 0 unspecified atom stereocenters. The van der Waals surface area contributed by atoms with Crippen molar-refractivity contribution in [3.05, 3.63) is 53.6 Å². The maximum Gasteiger partial charge on any atom is 0.227 e. The van der Waals surface area contributed by atoms with Gasteiger partial charge in [0.25, 0.3) is 0 Å². The van der Waals surface area contributed by atoms with Crippen LogP contribution in [0.4, 0.5) is 5.69 Å². The lowest BCUT2D eigenvalue weighted by Gasteiger charge is -2.28. The number of likely N-dealkylation sites (tertiary alicyclic amines) is 1. The highest BCUT2D eigenvalue weighted by atomic mass is 16.5. The molecule has 0 bridgehead atoms. The van der Waals surface area contributed by atoms with Crippen molar-refractivity contribution in [2.24, 2.45) is 5.92 Å². The third-order valence-electron chi connectivity index (χ3n) is 6.55. The van der Waals surface area contributed by atoms with E-state index in [0.717, 1.165) is 54.1 Å². The van der Waals surface area contributed by atoms with Crippen LogP contribution in [0.15, 0.2) is 42.5 Å². The van der Waals surface area contributed by atoms with Crippen molar-refractivity contribution >= 4 is 17.5 Å². The van der Waals surface area contributed by atoms with Crippen LogP contribution in [0.5, 0.6) is 11.5 Å². The molecule has 2 aromatic rings. The number of carbonyl (C=O) groups excluding carboxylic acids is 2. The number of amides is 2. The van der Waals surface area contributed by atoms with Crippen LogP contribution in [0, 0.1) is 5.92 Å². The van der Waals surface area contributed by atoms with E-state index in [0.29, 0.717) is 32.5 Å². The van der Waals surface area contributed by atoms with Crippen LogP contribution >= 0.6 is 0 Å². The molecule has 6 nitrogen and oxygen atoms in total. The van der Waals surface area contributed by atoms with Crippen LogP contribution in [0.1, 0.15) is 49.3 Å². The van der Waals surface area contributed by atoms with Gasteiger partial charge in [0.2, 0.25) is 11.8 Å². The SMILES string of the molecule is O=C1Nc2ccccc2C[C@@H]1CCC(=O)N1CCC[C@@H]1c1ccc2c(c1)OCCCO2. The van der Waals surface area contributed by atoms with Crippen LogP contribution in [-0.4, -0.2) is 36.5 Å². The van der Waals surface area contributed by atoms with E-state index in [1.54, 1.807) is 0 Å². The molecule has 0 aliphatic carbocycles. The van der Waals surface area contributed by atoms with Gasteiger partial charge in [-0.25, -0.2) is 0 Å². The fourth-order valence-corrected chi connectivity index (χ4v) is 4.89. The number of nitrogens with zero attached hydrogens (tertiary/aromatic N) is 1. The summed E-state index contributed by atoms with van der Waals surface area (Å²) in [5.74, 6) is 1.54. The molecule has 0 spiro atoms. The zero-order chi connectivity index (χ0) is 21.2. The molecular formula is C25H28N2O4. The molecule has 2 amide bonds. The largest absolute Gasteiger partial charge is 0.490 e. The maximum absolute atomic E-state index is 13.1. The summed E-state index contributed by atoms with van der Waals surface area (Å²) in [6, 6.07) is 14.0. The van der Waals surface area contributed by atoms with Gasteiger partial charge in [0.1, 0.15) is 0 Å². The molecule has 0 radical (unpaired) electrons. The first-order valence-electron chi connectivity index (χ1n) is 11.3. The normalized spacial score (nSPS) is 22.5. The Morgan fingerprint density at radius 1 is 1.06 bits per heavy atom. The first kappa shape index (κ1) is 19.9. The predicted molar refractivity (Wildman–Crippen MR) is 117 cm³/mol. The molecule has 1 fully saturated rings. The van der Waals surface area contributed by atoms with Gasteiger partial charge in [0.15, 0.2) is 11.5 Å². The Bertz CT molecular complexity index is 989. The monoisotopic (exact) mass is 420 g/mol. The molecule has 3 aliphatic rings. The zero-order valence-corrected chi connectivity index (χ0v) is 17.6.